The Morgan fingerprint density at radius 3 is 2.55 bits per heavy atom. The molecular formula is C15H29N3O2. The van der Waals surface area contributed by atoms with Crippen LogP contribution < -0.4 is 10.6 Å². The Morgan fingerprint density at radius 2 is 1.90 bits per heavy atom. The van der Waals surface area contributed by atoms with E-state index in [1.54, 1.807) is 0 Å². The molecule has 20 heavy (non-hydrogen) atoms. The van der Waals surface area contributed by atoms with Gasteiger partial charge < -0.3 is 15.4 Å². The molecule has 1 amide bonds. The third-order valence-electron chi connectivity index (χ3n) is 4.56. The third kappa shape index (κ3) is 5.04. The summed E-state index contributed by atoms with van der Waals surface area (Å²) in [4.78, 5) is 14.5. The Kier molecular flexibility index (Phi) is 6.76. The molecular weight excluding hydrogens is 254 g/mol. The molecule has 1 saturated carbocycles. The van der Waals surface area contributed by atoms with Crippen molar-refractivity contribution in [3.8, 4) is 0 Å². The van der Waals surface area contributed by atoms with E-state index in [9.17, 15) is 4.79 Å². The average Bonchev–Trinajstić information content (AvgIpc) is 2.52. The van der Waals surface area contributed by atoms with Crippen LogP contribution in [0.3, 0.4) is 0 Å². The normalized spacial score (nSPS) is 28.2. The number of hydrogen-bond donors (Lipinski definition) is 2. The van der Waals surface area contributed by atoms with E-state index in [2.05, 4.69) is 15.5 Å². The molecule has 0 aromatic heterocycles. The molecule has 1 saturated heterocycles. The number of nitrogens with zero attached hydrogens (tertiary/aromatic N) is 1. The molecule has 0 aromatic carbocycles. The van der Waals surface area contributed by atoms with Gasteiger partial charge in [0.15, 0.2) is 0 Å². The van der Waals surface area contributed by atoms with Crippen molar-refractivity contribution in [2.45, 2.75) is 38.1 Å². The Morgan fingerprint density at radius 1 is 1.20 bits per heavy atom. The van der Waals surface area contributed by atoms with E-state index in [4.69, 9.17) is 4.74 Å². The molecule has 0 aromatic rings. The summed E-state index contributed by atoms with van der Waals surface area (Å²) in [5, 5.41) is 6.41. The highest BCUT2D eigenvalue weighted by Gasteiger charge is 2.25. The van der Waals surface area contributed by atoms with E-state index in [-0.39, 0.29) is 11.8 Å². The van der Waals surface area contributed by atoms with Crippen LogP contribution in [-0.2, 0) is 9.53 Å². The van der Waals surface area contributed by atoms with E-state index < -0.39 is 0 Å². The maximum atomic E-state index is 12.1. The molecule has 116 valence electrons. The van der Waals surface area contributed by atoms with Crippen molar-refractivity contribution in [1.29, 1.82) is 0 Å². The van der Waals surface area contributed by atoms with Crippen LogP contribution in [0.1, 0.15) is 32.1 Å². The lowest BCUT2D eigenvalue weighted by atomic mass is 9.85. The zero-order valence-electron chi connectivity index (χ0n) is 12.7. The Balaban J connectivity index is 1.53. The predicted octanol–water partition coefficient (Wildman–Crippen LogP) is 0.603. The lowest BCUT2D eigenvalue weighted by Gasteiger charge is -2.28. The summed E-state index contributed by atoms with van der Waals surface area (Å²) >= 11 is 0. The molecule has 5 nitrogen and oxygen atoms in total. The van der Waals surface area contributed by atoms with Crippen molar-refractivity contribution >= 4 is 5.91 Å². The van der Waals surface area contributed by atoms with E-state index in [1.807, 2.05) is 7.05 Å². The first-order valence-electron chi connectivity index (χ1n) is 8.04. The highest BCUT2D eigenvalue weighted by Crippen LogP contribution is 2.24. The topological polar surface area (TPSA) is 53.6 Å². The second kappa shape index (κ2) is 8.60. The first-order valence-corrected chi connectivity index (χ1v) is 8.04. The molecule has 2 N–H and O–H groups in total. The zero-order chi connectivity index (χ0) is 14.2. The number of nitrogens with one attached hydrogen (secondary N) is 2. The van der Waals surface area contributed by atoms with Crippen molar-refractivity contribution in [1.82, 2.24) is 15.5 Å². The van der Waals surface area contributed by atoms with Crippen molar-refractivity contribution in [2.24, 2.45) is 5.92 Å². The van der Waals surface area contributed by atoms with Gasteiger partial charge in [0.1, 0.15) is 0 Å². The van der Waals surface area contributed by atoms with E-state index >= 15 is 0 Å². The van der Waals surface area contributed by atoms with Crippen LogP contribution in [0, 0.1) is 5.92 Å². The number of ether oxygens (including phenoxy) is 1. The first kappa shape index (κ1) is 15.7. The van der Waals surface area contributed by atoms with Crippen LogP contribution in [0.25, 0.3) is 0 Å². The van der Waals surface area contributed by atoms with Crippen LogP contribution in [-0.4, -0.2) is 63.3 Å². The average molecular weight is 283 g/mol. The molecule has 0 bridgehead atoms. The number of hydrogen-bond acceptors (Lipinski definition) is 4. The van der Waals surface area contributed by atoms with Gasteiger partial charge in [-0.15, -0.1) is 0 Å². The summed E-state index contributed by atoms with van der Waals surface area (Å²) in [6.07, 6.45) is 5.35. The van der Waals surface area contributed by atoms with Crippen LogP contribution in [0.2, 0.25) is 0 Å². The Labute approximate surface area is 122 Å². The minimum atomic E-state index is 0.239. The smallest absolute Gasteiger partial charge is 0.223 e. The first-order chi connectivity index (χ1) is 9.79. The molecule has 2 aliphatic rings. The lowest BCUT2D eigenvalue weighted by Crippen LogP contribution is -2.40. The van der Waals surface area contributed by atoms with Crippen LogP contribution >= 0.6 is 0 Å². The van der Waals surface area contributed by atoms with Crippen molar-refractivity contribution < 1.29 is 9.53 Å². The van der Waals surface area contributed by atoms with Crippen LogP contribution in [0.15, 0.2) is 0 Å². The van der Waals surface area contributed by atoms with Gasteiger partial charge in [-0.2, -0.15) is 0 Å². The fourth-order valence-electron chi connectivity index (χ4n) is 3.13. The summed E-state index contributed by atoms with van der Waals surface area (Å²) in [6, 6.07) is 0.611. The summed E-state index contributed by atoms with van der Waals surface area (Å²) in [5.74, 6) is 0.504. The van der Waals surface area contributed by atoms with Crippen LogP contribution in [0.5, 0.6) is 0 Å². The van der Waals surface area contributed by atoms with Gasteiger partial charge in [0.2, 0.25) is 5.91 Å². The standard InChI is InChI=1S/C15H29N3O2/c1-16-14-5-3-13(4-6-14)15(19)17-7-2-8-18-9-11-20-12-10-18/h13-14,16H,2-12H2,1H3,(H,17,19). The summed E-state index contributed by atoms with van der Waals surface area (Å²) in [7, 11) is 2.01. The van der Waals surface area contributed by atoms with Gasteiger partial charge in [0.05, 0.1) is 13.2 Å². The summed E-state index contributed by atoms with van der Waals surface area (Å²) in [5.41, 5.74) is 0. The Hall–Kier alpha value is -0.650. The van der Waals surface area contributed by atoms with Gasteiger partial charge in [0.25, 0.3) is 0 Å². The van der Waals surface area contributed by atoms with Crippen molar-refractivity contribution in [3.63, 3.8) is 0 Å². The van der Waals surface area contributed by atoms with E-state index in [1.165, 1.54) is 0 Å². The van der Waals surface area contributed by atoms with Gasteiger partial charge in [-0.05, 0) is 45.7 Å². The monoisotopic (exact) mass is 283 g/mol. The Bertz CT molecular complexity index is 285. The summed E-state index contributed by atoms with van der Waals surface area (Å²) < 4.78 is 5.32. The van der Waals surface area contributed by atoms with Crippen molar-refractivity contribution in [2.75, 3.05) is 46.4 Å². The van der Waals surface area contributed by atoms with Gasteiger partial charge in [-0.1, -0.05) is 0 Å². The fourth-order valence-corrected chi connectivity index (χ4v) is 3.13. The molecule has 2 rings (SSSR count). The highest BCUT2D eigenvalue weighted by atomic mass is 16.5. The second-order valence-corrected chi connectivity index (χ2v) is 5.94. The predicted molar refractivity (Wildman–Crippen MR) is 79.7 cm³/mol. The number of carbonyl (C=O) groups is 1. The van der Waals surface area contributed by atoms with E-state index in [0.29, 0.717) is 6.04 Å². The van der Waals surface area contributed by atoms with E-state index in [0.717, 1.165) is 71.5 Å². The minimum Gasteiger partial charge on any atom is -0.379 e. The molecule has 2 fully saturated rings. The number of amides is 1. The maximum absolute atomic E-state index is 12.1. The third-order valence-corrected chi connectivity index (χ3v) is 4.56. The molecule has 1 aliphatic heterocycles. The largest absolute Gasteiger partial charge is 0.379 e. The molecule has 0 atom stereocenters. The molecule has 5 heteroatoms. The van der Waals surface area contributed by atoms with Gasteiger partial charge in [0, 0.05) is 31.6 Å². The fraction of sp³-hybridized carbons (Fsp3) is 0.933. The van der Waals surface area contributed by atoms with Gasteiger partial charge in [-0.3, -0.25) is 9.69 Å². The SMILES string of the molecule is CNC1CCC(C(=O)NCCCN2CCOCC2)CC1. The van der Waals surface area contributed by atoms with Gasteiger partial charge in [-0.25, -0.2) is 0 Å². The van der Waals surface area contributed by atoms with Crippen molar-refractivity contribution in [3.05, 3.63) is 0 Å². The molecule has 1 aliphatic carbocycles. The number of carbonyl (C=O) groups excluding carboxylic acids is 1. The quantitative estimate of drug-likeness (QED) is 0.701. The molecule has 0 unspecified atom stereocenters. The molecule has 1 heterocycles. The zero-order valence-corrected chi connectivity index (χ0v) is 12.7. The summed E-state index contributed by atoms with van der Waals surface area (Å²) in [6.45, 7) is 5.63. The number of rotatable bonds is 6. The van der Waals surface area contributed by atoms with Gasteiger partial charge >= 0.3 is 0 Å². The molecule has 0 spiro atoms. The maximum Gasteiger partial charge on any atom is 0.223 e. The lowest BCUT2D eigenvalue weighted by molar-refractivity contribution is -0.126. The highest BCUT2D eigenvalue weighted by molar-refractivity contribution is 5.78. The number of morpholine rings is 1. The minimum absolute atomic E-state index is 0.239. The molecule has 0 radical (unpaired) electrons. The van der Waals surface area contributed by atoms with Crippen LogP contribution in [0.4, 0.5) is 0 Å². The second-order valence-electron chi connectivity index (χ2n) is 5.94.